The molecule has 0 saturated carbocycles. The summed E-state index contributed by atoms with van der Waals surface area (Å²) in [4.78, 5) is 29.6. The maximum absolute atomic E-state index is 14.0. The second kappa shape index (κ2) is 11.9. The fraction of sp³-hybridized carbons (Fsp3) is 0.321. The number of amides is 1. The Hall–Kier alpha value is -2.84. The van der Waals surface area contributed by atoms with Crippen molar-refractivity contribution in [2.75, 3.05) is 13.1 Å². The van der Waals surface area contributed by atoms with Crippen LogP contribution in [-0.2, 0) is 6.54 Å². The van der Waals surface area contributed by atoms with Gasteiger partial charge in [0.15, 0.2) is 0 Å². The van der Waals surface area contributed by atoms with Crippen LogP contribution in [0.3, 0.4) is 0 Å². The van der Waals surface area contributed by atoms with Crippen LogP contribution in [0.25, 0.3) is 5.52 Å². The van der Waals surface area contributed by atoms with Crippen LogP contribution >= 0.6 is 34.8 Å². The van der Waals surface area contributed by atoms with E-state index in [2.05, 4.69) is 5.10 Å². The predicted octanol–water partition coefficient (Wildman–Crippen LogP) is 6.00. The van der Waals surface area contributed by atoms with E-state index in [1.807, 2.05) is 50.2 Å². The Morgan fingerprint density at radius 2 is 1.76 bits per heavy atom. The molecule has 0 aliphatic rings. The Labute approximate surface area is 236 Å². The molecule has 200 valence electrons. The minimum absolute atomic E-state index is 0.0821. The van der Waals surface area contributed by atoms with Crippen LogP contribution < -0.4 is 11.4 Å². The molecular weight excluding hydrogens is 545 g/mol. The molecule has 4 rings (SSSR count). The van der Waals surface area contributed by atoms with Crippen molar-refractivity contribution >= 4 is 46.2 Å². The lowest BCUT2D eigenvalue weighted by atomic mass is 9.96. The monoisotopic (exact) mass is 573 g/mol. The molecule has 2 N–H and O–H groups in total. The minimum atomic E-state index is -0.503. The van der Waals surface area contributed by atoms with E-state index in [0.29, 0.717) is 53.0 Å². The molecule has 7 nitrogen and oxygen atoms in total. The summed E-state index contributed by atoms with van der Waals surface area (Å²) in [6.45, 7) is 6.82. The zero-order chi connectivity index (χ0) is 27.6. The maximum atomic E-state index is 14.0. The Bertz CT molecular complexity index is 1510. The molecule has 2 aromatic carbocycles. The molecule has 2 heterocycles. The van der Waals surface area contributed by atoms with Crippen LogP contribution in [0.5, 0.6) is 0 Å². The number of aromatic nitrogens is 3. The first-order valence-electron chi connectivity index (χ1n) is 12.4. The van der Waals surface area contributed by atoms with Gasteiger partial charge in [0, 0.05) is 12.2 Å². The Morgan fingerprint density at radius 3 is 2.42 bits per heavy atom. The number of nitrogens with zero attached hydrogens (tertiary/aromatic N) is 4. The standard InChI is InChI=1S/C28H30Cl3N5O2/c1-17(2)26(34(14-8-13-32)27(37)20-11-7-12-21(29)25(20)31)23-15-22-24(30)18(3)33-36(22)28(38)35(23)16-19-9-5-4-6-10-19/h4-7,9-12,15,17,26H,8,13-14,16,32H2,1-3H3. The summed E-state index contributed by atoms with van der Waals surface area (Å²) in [5, 5.41) is 5.26. The first kappa shape index (κ1) is 28.2. The number of halogens is 3. The van der Waals surface area contributed by atoms with E-state index in [1.54, 1.807) is 34.6 Å². The molecule has 0 saturated heterocycles. The van der Waals surface area contributed by atoms with E-state index in [4.69, 9.17) is 40.5 Å². The quantitative estimate of drug-likeness (QED) is 0.266. The molecule has 0 aliphatic heterocycles. The van der Waals surface area contributed by atoms with Crippen molar-refractivity contribution in [2.45, 2.75) is 39.8 Å². The summed E-state index contributed by atoms with van der Waals surface area (Å²) in [6.07, 6.45) is 0.560. The smallest absolute Gasteiger partial charge is 0.330 e. The molecule has 0 aliphatic carbocycles. The highest BCUT2D eigenvalue weighted by Gasteiger charge is 2.33. The Morgan fingerprint density at radius 1 is 1.05 bits per heavy atom. The van der Waals surface area contributed by atoms with Gasteiger partial charge in [-0.25, -0.2) is 4.79 Å². The van der Waals surface area contributed by atoms with Gasteiger partial charge in [0.05, 0.1) is 44.4 Å². The molecule has 0 spiro atoms. The zero-order valence-electron chi connectivity index (χ0n) is 21.5. The highest BCUT2D eigenvalue weighted by Crippen LogP contribution is 2.34. The number of aryl methyl sites for hydroxylation is 1. The Kier molecular flexibility index (Phi) is 8.83. The van der Waals surface area contributed by atoms with E-state index < -0.39 is 6.04 Å². The number of hydrogen-bond donors (Lipinski definition) is 1. The van der Waals surface area contributed by atoms with Gasteiger partial charge >= 0.3 is 5.69 Å². The van der Waals surface area contributed by atoms with Gasteiger partial charge in [0.2, 0.25) is 0 Å². The molecule has 1 atom stereocenters. The third kappa shape index (κ3) is 5.47. The molecular formula is C28H30Cl3N5O2. The topological polar surface area (TPSA) is 85.6 Å². The number of carbonyl (C=O) groups is 1. The second-order valence-electron chi connectivity index (χ2n) is 9.55. The SMILES string of the molecule is Cc1nn2c(=O)n(Cc3ccccc3)c(C(C(C)C)N(CCCN)C(=O)c3cccc(Cl)c3Cl)cc2c1Cl. The molecule has 0 bridgehead atoms. The van der Waals surface area contributed by atoms with Crippen LogP contribution in [0.2, 0.25) is 15.1 Å². The van der Waals surface area contributed by atoms with Gasteiger partial charge in [-0.15, -0.1) is 0 Å². The van der Waals surface area contributed by atoms with E-state index in [-0.39, 0.29) is 28.1 Å². The Balaban J connectivity index is 1.97. The molecule has 10 heteroatoms. The molecule has 38 heavy (non-hydrogen) atoms. The third-order valence-corrected chi connectivity index (χ3v) is 7.81. The molecule has 1 unspecified atom stereocenters. The fourth-order valence-corrected chi connectivity index (χ4v) is 5.28. The predicted molar refractivity (Wildman–Crippen MR) is 153 cm³/mol. The lowest BCUT2D eigenvalue weighted by Gasteiger charge is -2.36. The second-order valence-corrected chi connectivity index (χ2v) is 10.7. The molecule has 2 aromatic heterocycles. The average Bonchev–Trinajstić information content (AvgIpc) is 3.18. The molecule has 0 fully saturated rings. The van der Waals surface area contributed by atoms with Crippen molar-refractivity contribution in [3.05, 3.63) is 103 Å². The summed E-state index contributed by atoms with van der Waals surface area (Å²) in [5.41, 5.74) is 8.44. The van der Waals surface area contributed by atoms with Crippen LogP contribution in [0, 0.1) is 12.8 Å². The number of carbonyl (C=O) groups excluding carboxylic acids is 1. The lowest BCUT2D eigenvalue weighted by Crippen LogP contribution is -2.42. The highest BCUT2D eigenvalue weighted by molar-refractivity contribution is 6.43. The third-order valence-electron chi connectivity index (χ3n) is 6.53. The highest BCUT2D eigenvalue weighted by atomic mass is 35.5. The van der Waals surface area contributed by atoms with Crippen molar-refractivity contribution in [3.63, 3.8) is 0 Å². The van der Waals surface area contributed by atoms with Crippen molar-refractivity contribution in [2.24, 2.45) is 11.7 Å². The average molecular weight is 575 g/mol. The van der Waals surface area contributed by atoms with E-state index in [0.717, 1.165) is 5.56 Å². The van der Waals surface area contributed by atoms with Gasteiger partial charge < -0.3 is 10.6 Å². The maximum Gasteiger partial charge on any atom is 0.349 e. The van der Waals surface area contributed by atoms with E-state index >= 15 is 0 Å². The van der Waals surface area contributed by atoms with Gasteiger partial charge in [-0.3, -0.25) is 9.36 Å². The fourth-order valence-electron chi connectivity index (χ4n) is 4.72. The number of benzene rings is 2. The summed E-state index contributed by atoms with van der Waals surface area (Å²) in [7, 11) is 0. The van der Waals surface area contributed by atoms with E-state index in [1.165, 1.54) is 4.52 Å². The van der Waals surface area contributed by atoms with Crippen LogP contribution in [-0.4, -0.2) is 38.1 Å². The van der Waals surface area contributed by atoms with Crippen LogP contribution in [0.4, 0.5) is 0 Å². The van der Waals surface area contributed by atoms with Gasteiger partial charge in [-0.05, 0) is 49.6 Å². The summed E-state index contributed by atoms with van der Waals surface area (Å²) in [5.74, 6) is -0.375. The lowest BCUT2D eigenvalue weighted by molar-refractivity contribution is 0.0609. The van der Waals surface area contributed by atoms with Gasteiger partial charge in [-0.2, -0.15) is 9.61 Å². The molecule has 1 amide bonds. The van der Waals surface area contributed by atoms with Crippen LogP contribution in [0.1, 0.15) is 53.6 Å². The van der Waals surface area contributed by atoms with Crippen molar-refractivity contribution in [1.82, 2.24) is 19.1 Å². The summed E-state index contributed by atoms with van der Waals surface area (Å²) >= 11 is 19.3. The van der Waals surface area contributed by atoms with E-state index in [9.17, 15) is 9.59 Å². The van der Waals surface area contributed by atoms with Crippen molar-refractivity contribution < 1.29 is 4.79 Å². The largest absolute Gasteiger partial charge is 0.349 e. The van der Waals surface area contributed by atoms with Crippen molar-refractivity contribution in [3.8, 4) is 0 Å². The normalized spacial score (nSPS) is 12.3. The number of rotatable bonds is 9. The van der Waals surface area contributed by atoms with Crippen molar-refractivity contribution in [1.29, 1.82) is 0 Å². The zero-order valence-corrected chi connectivity index (χ0v) is 23.8. The summed E-state index contributed by atoms with van der Waals surface area (Å²) in [6, 6.07) is 16.0. The van der Waals surface area contributed by atoms with Crippen LogP contribution in [0.15, 0.2) is 59.4 Å². The summed E-state index contributed by atoms with van der Waals surface area (Å²) < 4.78 is 2.99. The molecule has 4 aromatic rings. The number of nitrogens with two attached hydrogens (primary N) is 1. The molecule has 0 radical (unpaired) electrons. The first-order valence-corrected chi connectivity index (χ1v) is 13.6. The number of hydrogen-bond acceptors (Lipinski definition) is 4. The number of fused-ring (bicyclic) bond motifs is 1. The minimum Gasteiger partial charge on any atom is -0.330 e. The van der Waals surface area contributed by atoms with Gasteiger partial charge in [-0.1, -0.05) is 85.0 Å². The first-order chi connectivity index (χ1) is 18.1. The van der Waals surface area contributed by atoms with Gasteiger partial charge in [0.1, 0.15) is 0 Å². The van der Waals surface area contributed by atoms with Gasteiger partial charge in [0.25, 0.3) is 5.91 Å².